The van der Waals surface area contributed by atoms with Gasteiger partial charge in [0.25, 0.3) is 0 Å². The zero-order valence-electron chi connectivity index (χ0n) is 19.8. The van der Waals surface area contributed by atoms with Gasteiger partial charge in [0.1, 0.15) is 12.1 Å². The Labute approximate surface area is 199 Å². The maximum absolute atomic E-state index is 13.1. The summed E-state index contributed by atoms with van der Waals surface area (Å²) in [6, 6.07) is 11.8. The molecule has 1 aromatic carbocycles. The topological polar surface area (TPSA) is 113 Å². The zero-order chi connectivity index (χ0) is 24.9. The van der Waals surface area contributed by atoms with Crippen LogP contribution in [0.2, 0.25) is 0 Å². The number of carbonyl (C=O) groups excluding carboxylic acids is 2. The lowest BCUT2D eigenvalue weighted by atomic mass is 9.86. The Balaban J connectivity index is 1.84. The van der Waals surface area contributed by atoms with Crippen LogP contribution in [0.3, 0.4) is 0 Å². The molecule has 2 atom stereocenters. The molecule has 8 nitrogen and oxygen atoms in total. The summed E-state index contributed by atoms with van der Waals surface area (Å²) in [6.07, 6.45) is 6.51. The highest BCUT2D eigenvalue weighted by atomic mass is 16.4. The second-order valence-corrected chi connectivity index (χ2v) is 9.20. The molecule has 0 aliphatic heterocycles. The average Bonchev–Trinajstić information content (AvgIpc) is 3.30. The van der Waals surface area contributed by atoms with Crippen molar-refractivity contribution in [3.8, 4) is 22.3 Å². The van der Waals surface area contributed by atoms with Crippen molar-refractivity contribution in [1.82, 2.24) is 20.2 Å². The molecule has 0 radical (unpaired) electrons. The van der Waals surface area contributed by atoms with Gasteiger partial charge in [0.2, 0.25) is 11.8 Å². The van der Waals surface area contributed by atoms with Gasteiger partial charge in [-0.25, -0.2) is 0 Å². The summed E-state index contributed by atoms with van der Waals surface area (Å²) in [6.45, 7) is 5.51. The molecular formula is C26H30N4O4. The maximum Gasteiger partial charge on any atom is 0.306 e. The number of carboxylic acid groups (broad SMARTS) is 1. The fourth-order valence-electron chi connectivity index (χ4n) is 3.73. The van der Waals surface area contributed by atoms with Crippen LogP contribution in [0, 0.1) is 5.41 Å². The van der Waals surface area contributed by atoms with Gasteiger partial charge in [-0.15, -0.1) is 0 Å². The molecule has 178 valence electrons. The molecule has 0 fully saturated rings. The van der Waals surface area contributed by atoms with Gasteiger partial charge in [-0.1, -0.05) is 45.0 Å². The molecule has 3 N–H and O–H groups in total. The SMILES string of the molecule is CNC(=O)[C@@H](NC(=O)C(CC(=O)O)n1ccc(-c2ccc(-c3ccncc3)cc2)c1)C(C)(C)C. The van der Waals surface area contributed by atoms with E-state index in [1.54, 1.807) is 29.4 Å². The van der Waals surface area contributed by atoms with E-state index in [0.717, 1.165) is 22.3 Å². The van der Waals surface area contributed by atoms with Crippen LogP contribution < -0.4 is 10.6 Å². The summed E-state index contributed by atoms with van der Waals surface area (Å²) in [5.74, 6) is -1.97. The number of hydrogen-bond acceptors (Lipinski definition) is 4. The molecule has 34 heavy (non-hydrogen) atoms. The van der Waals surface area contributed by atoms with Crippen LogP contribution in [0.5, 0.6) is 0 Å². The molecule has 2 amide bonds. The highest BCUT2D eigenvalue weighted by Gasteiger charge is 2.35. The van der Waals surface area contributed by atoms with Crippen molar-refractivity contribution in [3.63, 3.8) is 0 Å². The van der Waals surface area contributed by atoms with Crippen LogP contribution in [-0.2, 0) is 14.4 Å². The number of aromatic nitrogens is 2. The Kier molecular flexibility index (Phi) is 7.50. The summed E-state index contributed by atoms with van der Waals surface area (Å²) in [5.41, 5.74) is 3.34. The standard InChI is InChI=1S/C26H30N4O4/c1-26(2,3)23(25(34)27-4)29-24(33)21(15-22(31)32)30-14-11-20(16-30)18-7-5-17(6-8-18)19-9-12-28-13-10-19/h5-14,16,21,23H,15H2,1-4H3,(H,27,34)(H,29,33)(H,31,32)/t21?,23-/m1/s1. The Morgan fingerprint density at radius 3 is 2.00 bits per heavy atom. The minimum absolute atomic E-state index is 0.336. The fourth-order valence-corrected chi connectivity index (χ4v) is 3.73. The number of carbonyl (C=O) groups is 3. The fraction of sp³-hybridized carbons (Fsp3) is 0.308. The van der Waals surface area contributed by atoms with E-state index in [2.05, 4.69) is 15.6 Å². The van der Waals surface area contributed by atoms with E-state index >= 15 is 0 Å². The van der Waals surface area contributed by atoms with Crippen LogP contribution >= 0.6 is 0 Å². The summed E-state index contributed by atoms with van der Waals surface area (Å²) in [7, 11) is 1.50. The molecule has 3 aromatic rings. The molecule has 0 bridgehead atoms. The number of pyridine rings is 1. The highest BCUT2D eigenvalue weighted by Crippen LogP contribution is 2.27. The minimum Gasteiger partial charge on any atom is -0.481 e. The molecule has 3 rings (SSSR count). The molecule has 0 aliphatic rings. The number of nitrogens with one attached hydrogen (secondary N) is 2. The lowest BCUT2D eigenvalue weighted by Gasteiger charge is -2.31. The first-order valence-corrected chi connectivity index (χ1v) is 11.0. The number of nitrogens with zero attached hydrogens (tertiary/aromatic N) is 2. The van der Waals surface area contributed by atoms with E-state index in [0.29, 0.717) is 0 Å². The largest absolute Gasteiger partial charge is 0.481 e. The zero-order valence-corrected chi connectivity index (χ0v) is 19.8. The second-order valence-electron chi connectivity index (χ2n) is 9.20. The van der Waals surface area contributed by atoms with E-state index in [1.807, 2.05) is 63.2 Å². The van der Waals surface area contributed by atoms with Crippen molar-refractivity contribution in [2.24, 2.45) is 5.41 Å². The van der Waals surface area contributed by atoms with Gasteiger partial charge in [-0.05, 0) is 45.9 Å². The van der Waals surface area contributed by atoms with Crippen LogP contribution in [0.1, 0.15) is 33.2 Å². The third-order valence-electron chi connectivity index (χ3n) is 5.64. The molecule has 0 saturated heterocycles. The van der Waals surface area contributed by atoms with Gasteiger partial charge < -0.3 is 20.3 Å². The van der Waals surface area contributed by atoms with Gasteiger partial charge in [0.05, 0.1) is 6.42 Å². The van der Waals surface area contributed by atoms with Crippen molar-refractivity contribution in [3.05, 3.63) is 67.3 Å². The van der Waals surface area contributed by atoms with Crippen LogP contribution in [-0.4, -0.2) is 45.5 Å². The van der Waals surface area contributed by atoms with Gasteiger partial charge in [0.15, 0.2) is 0 Å². The van der Waals surface area contributed by atoms with Crippen molar-refractivity contribution < 1.29 is 19.5 Å². The number of amides is 2. The molecule has 1 unspecified atom stereocenters. The van der Waals surface area contributed by atoms with E-state index in [1.165, 1.54) is 7.05 Å². The summed E-state index contributed by atoms with van der Waals surface area (Å²) >= 11 is 0. The van der Waals surface area contributed by atoms with E-state index in [4.69, 9.17) is 0 Å². The van der Waals surface area contributed by atoms with Gasteiger partial charge in [-0.2, -0.15) is 0 Å². The predicted octanol–water partition coefficient (Wildman–Crippen LogP) is 3.51. The lowest BCUT2D eigenvalue weighted by molar-refractivity contribution is -0.141. The number of aliphatic carboxylic acids is 1. The highest BCUT2D eigenvalue weighted by molar-refractivity contribution is 5.91. The number of likely N-dealkylation sites (N-methyl/N-ethyl adjacent to an activating group) is 1. The first-order valence-electron chi connectivity index (χ1n) is 11.0. The van der Waals surface area contributed by atoms with Crippen molar-refractivity contribution in [2.45, 2.75) is 39.3 Å². The van der Waals surface area contributed by atoms with Crippen LogP contribution in [0.4, 0.5) is 0 Å². The van der Waals surface area contributed by atoms with E-state index in [-0.39, 0.29) is 5.91 Å². The van der Waals surface area contributed by atoms with Gasteiger partial charge in [-0.3, -0.25) is 19.4 Å². The Morgan fingerprint density at radius 2 is 1.47 bits per heavy atom. The first-order chi connectivity index (χ1) is 16.1. The van der Waals surface area contributed by atoms with Crippen molar-refractivity contribution >= 4 is 17.8 Å². The van der Waals surface area contributed by atoms with Crippen molar-refractivity contribution in [1.29, 1.82) is 0 Å². The van der Waals surface area contributed by atoms with Gasteiger partial charge in [0, 0.05) is 31.8 Å². The molecule has 0 saturated carbocycles. The number of benzene rings is 1. The molecule has 2 aromatic heterocycles. The summed E-state index contributed by atoms with van der Waals surface area (Å²) < 4.78 is 1.58. The van der Waals surface area contributed by atoms with E-state index < -0.39 is 35.8 Å². The smallest absolute Gasteiger partial charge is 0.306 e. The Bertz CT molecular complexity index is 1150. The minimum atomic E-state index is -1.11. The second kappa shape index (κ2) is 10.3. The quantitative estimate of drug-likeness (QED) is 0.474. The molecule has 2 heterocycles. The van der Waals surface area contributed by atoms with Crippen LogP contribution in [0.25, 0.3) is 22.3 Å². The summed E-state index contributed by atoms with van der Waals surface area (Å²) in [5, 5.41) is 14.7. The molecule has 0 aliphatic carbocycles. The molecule has 8 heteroatoms. The Hall–Kier alpha value is -3.94. The third-order valence-corrected chi connectivity index (χ3v) is 5.64. The van der Waals surface area contributed by atoms with E-state index in [9.17, 15) is 19.5 Å². The average molecular weight is 463 g/mol. The number of carboxylic acids is 1. The van der Waals surface area contributed by atoms with Gasteiger partial charge >= 0.3 is 5.97 Å². The summed E-state index contributed by atoms with van der Waals surface area (Å²) in [4.78, 5) is 41.0. The Morgan fingerprint density at radius 1 is 0.912 bits per heavy atom. The van der Waals surface area contributed by atoms with Crippen molar-refractivity contribution in [2.75, 3.05) is 7.05 Å². The molecule has 0 spiro atoms. The number of rotatable bonds is 8. The third kappa shape index (κ3) is 5.89. The van der Waals surface area contributed by atoms with Crippen LogP contribution in [0.15, 0.2) is 67.3 Å². The molecular weight excluding hydrogens is 432 g/mol. The number of hydrogen-bond donors (Lipinski definition) is 3. The lowest BCUT2D eigenvalue weighted by Crippen LogP contribution is -2.54. The normalized spacial score (nSPS) is 13.1. The first kappa shape index (κ1) is 24.7. The maximum atomic E-state index is 13.1. The monoisotopic (exact) mass is 462 g/mol. The predicted molar refractivity (Wildman–Crippen MR) is 130 cm³/mol.